The van der Waals surface area contributed by atoms with Gasteiger partial charge in [0.05, 0.1) is 22.8 Å². The molecule has 2 heterocycles. The van der Waals surface area contributed by atoms with Crippen LogP contribution >= 0.6 is 11.6 Å². The molecule has 0 N–H and O–H groups in total. The first-order chi connectivity index (χ1) is 10.5. The van der Waals surface area contributed by atoms with Gasteiger partial charge in [0.2, 0.25) is 0 Å². The zero-order chi connectivity index (χ0) is 16.0. The van der Waals surface area contributed by atoms with E-state index in [1.54, 1.807) is 13.0 Å². The number of carbonyl (C=O) groups is 1. The molecule has 0 bridgehead atoms. The molecule has 2 aromatic rings. The van der Waals surface area contributed by atoms with Gasteiger partial charge in [-0.2, -0.15) is 0 Å². The zero-order valence-corrected chi connectivity index (χ0v) is 13.0. The third-order valence-electron chi connectivity index (χ3n) is 3.91. The molecule has 6 heteroatoms. The molecule has 3 rings (SSSR count). The fraction of sp³-hybridized carbons (Fsp3) is 0.375. The first-order valence-electron chi connectivity index (χ1n) is 7.17. The second kappa shape index (κ2) is 5.39. The topological polar surface area (TPSA) is 47.8 Å². The van der Waals surface area contributed by atoms with Crippen molar-refractivity contribution >= 4 is 23.1 Å². The summed E-state index contributed by atoms with van der Waals surface area (Å²) in [5.74, 6) is -1.07. The van der Waals surface area contributed by atoms with Gasteiger partial charge < -0.3 is 4.74 Å². The van der Waals surface area contributed by atoms with Gasteiger partial charge in [-0.25, -0.2) is 9.18 Å². The van der Waals surface area contributed by atoms with Crippen molar-refractivity contribution in [2.45, 2.75) is 32.6 Å². The lowest BCUT2D eigenvalue weighted by atomic mass is 10.1. The predicted octanol–water partition coefficient (Wildman–Crippen LogP) is 3.45. The Morgan fingerprint density at radius 3 is 2.73 bits per heavy atom. The molecule has 1 aliphatic carbocycles. The van der Waals surface area contributed by atoms with Crippen LogP contribution in [-0.4, -0.2) is 17.0 Å². The lowest BCUT2D eigenvalue weighted by Crippen LogP contribution is -2.26. The van der Waals surface area contributed by atoms with Crippen LogP contribution in [0.25, 0.3) is 5.52 Å². The standard InChI is InChI=1S/C16H15ClFNO3/c1-3-22-16(21)11-6-10(9-4-5-9)13-7-12(17)14(18)8(2)19(13)15(11)20/h6-7,9H,3-5H2,1-2H3. The van der Waals surface area contributed by atoms with Crippen LogP contribution in [0.3, 0.4) is 0 Å². The van der Waals surface area contributed by atoms with Crippen molar-refractivity contribution in [3.8, 4) is 0 Å². The Labute approximate surface area is 131 Å². The SMILES string of the molecule is CCOC(=O)c1cc(C2CC2)c2cc(Cl)c(F)c(C)n2c1=O. The van der Waals surface area contributed by atoms with Crippen LogP contribution in [-0.2, 0) is 4.74 Å². The second-order valence-electron chi connectivity index (χ2n) is 5.43. The Morgan fingerprint density at radius 1 is 1.45 bits per heavy atom. The number of esters is 1. The molecule has 1 saturated carbocycles. The van der Waals surface area contributed by atoms with Crippen LogP contribution in [0.4, 0.5) is 4.39 Å². The highest BCUT2D eigenvalue weighted by atomic mass is 35.5. The van der Waals surface area contributed by atoms with Gasteiger partial charge in [0.25, 0.3) is 5.56 Å². The van der Waals surface area contributed by atoms with Crippen LogP contribution < -0.4 is 5.56 Å². The summed E-state index contributed by atoms with van der Waals surface area (Å²) in [6.07, 6.45) is 1.95. The summed E-state index contributed by atoms with van der Waals surface area (Å²) in [5.41, 5.74) is 0.856. The second-order valence-corrected chi connectivity index (χ2v) is 5.83. The van der Waals surface area contributed by atoms with E-state index in [4.69, 9.17) is 16.3 Å². The maximum atomic E-state index is 14.1. The molecule has 0 spiro atoms. The smallest absolute Gasteiger partial charge is 0.343 e. The lowest BCUT2D eigenvalue weighted by molar-refractivity contribution is 0.0524. The number of halogens is 2. The summed E-state index contributed by atoms with van der Waals surface area (Å²) in [5, 5.41) is -0.0253. The minimum absolute atomic E-state index is 0.0253. The van der Waals surface area contributed by atoms with E-state index in [1.807, 2.05) is 0 Å². The Hall–Kier alpha value is -1.88. The molecular formula is C16H15ClFNO3. The van der Waals surface area contributed by atoms with E-state index in [0.29, 0.717) is 5.52 Å². The summed E-state index contributed by atoms with van der Waals surface area (Å²) in [4.78, 5) is 24.6. The third-order valence-corrected chi connectivity index (χ3v) is 4.18. The van der Waals surface area contributed by atoms with Gasteiger partial charge in [-0.3, -0.25) is 9.20 Å². The highest BCUT2D eigenvalue weighted by molar-refractivity contribution is 6.31. The average molecular weight is 324 g/mol. The molecule has 0 amide bonds. The minimum atomic E-state index is -0.682. The van der Waals surface area contributed by atoms with Gasteiger partial charge in [-0.1, -0.05) is 11.6 Å². The van der Waals surface area contributed by atoms with Crippen LogP contribution in [0.1, 0.15) is 47.3 Å². The van der Waals surface area contributed by atoms with Gasteiger partial charge in [-0.05, 0) is 50.3 Å². The maximum absolute atomic E-state index is 14.1. The molecule has 0 aliphatic heterocycles. The van der Waals surface area contributed by atoms with E-state index in [-0.39, 0.29) is 28.8 Å². The number of hydrogen-bond donors (Lipinski definition) is 0. The van der Waals surface area contributed by atoms with Crippen LogP contribution in [0.5, 0.6) is 0 Å². The largest absolute Gasteiger partial charge is 0.462 e. The van der Waals surface area contributed by atoms with E-state index >= 15 is 0 Å². The van der Waals surface area contributed by atoms with Crippen LogP contribution in [0.2, 0.25) is 5.02 Å². The van der Waals surface area contributed by atoms with Gasteiger partial charge in [0, 0.05) is 0 Å². The van der Waals surface area contributed by atoms with Crippen molar-refractivity contribution in [1.82, 2.24) is 4.40 Å². The summed E-state index contributed by atoms with van der Waals surface area (Å²) in [7, 11) is 0. The first-order valence-corrected chi connectivity index (χ1v) is 7.54. The molecule has 0 atom stereocenters. The fourth-order valence-corrected chi connectivity index (χ4v) is 2.90. The van der Waals surface area contributed by atoms with Gasteiger partial charge in [-0.15, -0.1) is 0 Å². The number of aromatic nitrogens is 1. The summed E-state index contributed by atoms with van der Waals surface area (Å²) < 4.78 is 20.2. The molecule has 0 saturated heterocycles. The number of pyridine rings is 2. The summed E-state index contributed by atoms with van der Waals surface area (Å²) >= 11 is 5.91. The zero-order valence-electron chi connectivity index (χ0n) is 12.3. The Bertz CT molecular complexity index is 840. The fourth-order valence-electron chi connectivity index (χ4n) is 2.66. The number of ether oxygens (including phenoxy) is 1. The van der Waals surface area contributed by atoms with E-state index < -0.39 is 17.3 Å². The molecule has 0 unspecified atom stereocenters. The summed E-state index contributed by atoms with van der Waals surface area (Å²) in [6, 6.07) is 3.02. The number of fused-ring (bicyclic) bond motifs is 1. The van der Waals surface area contributed by atoms with E-state index in [9.17, 15) is 14.0 Å². The monoisotopic (exact) mass is 323 g/mol. The lowest BCUT2D eigenvalue weighted by Gasteiger charge is -2.14. The maximum Gasteiger partial charge on any atom is 0.343 e. The van der Waals surface area contributed by atoms with Crippen LogP contribution in [0.15, 0.2) is 16.9 Å². The highest BCUT2D eigenvalue weighted by Crippen LogP contribution is 2.42. The van der Waals surface area contributed by atoms with E-state index in [1.165, 1.54) is 17.4 Å². The van der Waals surface area contributed by atoms with Gasteiger partial charge in [0.15, 0.2) is 5.82 Å². The molecule has 1 aliphatic rings. The molecule has 116 valence electrons. The number of nitrogens with zero attached hydrogens (tertiary/aromatic N) is 1. The number of hydrogen-bond acceptors (Lipinski definition) is 3. The molecule has 22 heavy (non-hydrogen) atoms. The van der Waals surface area contributed by atoms with Gasteiger partial charge in [0.1, 0.15) is 5.56 Å². The van der Waals surface area contributed by atoms with E-state index in [0.717, 1.165) is 18.4 Å². The van der Waals surface area contributed by atoms with Crippen LogP contribution in [0, 0.1) is 12.7 Å². The number of rotatable bonds is 3. The number of aryl methyl sites for hydroxylation is 1. The van der Waals surface area contributed by atoms with Crippen molar-refractivity contribution in [3.63, 3.8) is 0 Å². The normalized spacial score (nSPS) is 14.4. The molecule has 2 aromatic heterocycles. The van der Waals surface area contributed by atoms with Crippen molar-refractivity contribution < 1.29 is 13.9 Å². The van der Waals surface area contributed by atoms with Crippen molar-refractivity contribution in [1.29, 1.82) is 0 Å². The Morgan fingerprint density at radius 2 is 2.14 bits per heavy atom. The Balaban J connectivity index is 2.39. The Kier molecular flexibility index (Phi) is 3.68. The molecule has 0 radical (unpaired) electrons. The molecule has 4 nitrogen and oxygen atoms in total. The minimum Gasteiger partial charge on any atom is -0.462 e. The van der Waals surface area contributed by atoms with Crippen molar-refractivity contribution in [2.75, 3.05) is 6.61 Å². The highest BCUT2D eigenvalue weighted by Gasteiger charge is 2.29. The average Bonchev–Trinajstić information content (AvgIpc) is 3.29. The molecular weight excluding hydrogens is 309 g/mol. The van der Waals surface area contributed by atoms with E-state index in [2.05, 4.69) is 0 Å². The predicted molar refractivity (Wildman–Crippen MR) is 81.3 cm³/mol. The summed E-state index contributed by atoms with van der Waals surface area (Å²) in [6.45, 7) is 3.32. The quantitative estimate of drug-likeness (QED) is 0.813. The van der Waals surface area contributed by atoms with Crippen molar-refractivity contribution in [2.24, 2.45) is 0 Å². The molecule has 0 aromatic carbocycles. The number of carbonyl (C=O) groups excluding carboxylic acids is 1. The molecule has 1 fully saturated rings. The first kappa shape index (κ1) is 15.0. The van der Waals surface area contributed by atoms with Gasteiger partial charge >= 0.3 is 5.97 Å². The van der Waals surface area contributed by atoms with Crippen molar-refractivity contribution in [3.05, 3.63) is 50.1 Å². The third kappa shape index (κ3) is 2.29.